The first-order valence-corrected chi connectivity index (χ1v) is 14.0. The minimum absolute atomic E-state index is 0.0372. The maximum absolute atomic E-state index is 13.9. The molecule has 0 bridgehead atoms. The van der Waals surface area contributed by atoms with E-state index in [4.69, 9.17) is 0 Å². The van der Waals surface area contributed by atoms with Crippen molar-refractivity contribution in [3.63, 3.8) is 0 Å². The second-order valence-corrected chi connectivity index (χ2v) is 12.3. The van der Waals surface area contributed by atoms with Crippen molar-refractivity contribution in [3.8, 4) is 0 Å². The van der Waals surface area contributed by atoms with Gasteiger partial charge in [-0.15, -0.1) is 0 Å². The molecule has 2 aliphatic rings. The lowest BCUT2D eigenvalue weighted by atomic mass is 9.83. The lowest BCUT2D eigenvalue weighted by Gasteiger charge is -2.42. The molecule has 220 valence electrons. The number of aliphatic hydroxyl groups excluding tert-OH is 1. The van der Waals surface area contributed by atoms with E-state index in [0.717, 1.165) is 4.90 Å². The molecule has 5 nitrogen and oxygen atoms in total. The number of hydrogen-bond donors (Lipinski definition) is 1. The third-order valence-corrected chi connectivity index (χ3v) is 9.67. The van der Waals surface area contributed by atoms with Gasteiger partial charge < -0.3 is 14.9 Å². The van der Waals surface area contributed by atoms with Gasteiger partial charge in [0.25, 0.3) is 0 Å². The molecule has 1 saturated heterocycles. The predicted octanol–water partition coefficient (Wildman–Crippen LogP) is 6.06. The molecule has 0 radical (unpaired) electrons. The Kier molecular flexibility index (Phi) is 8.30. The average Bonchev–Trinajstić information content (AvgIpc) is 3.55. The van der Waals surface area contributed by atoms with E-state index < -0.39 is 58.7 Å². The Hall–Kier alpha value is -2.67. The number of halogens is 7. The summed E-state index contributed by atoms with van der Waals surface area (Å²) in [6.07, 6.45) is -8.49. The standard InChI is InChI=1S/C27H29F7N2O3S/c1-16-9-20(28)3-4-21(16)22-13-25(14-23(25)40(39)8-7-37)5-6-36(22)24(38)35(2)15-17-10-18(26(29,30)31)12-19(11-17)27(32,33)34/h3-4,9-12,22-23,37H,5-8,13-15H2,1-2H3/t22-,23?,25+,40?/m1/s1. The van der Waals surface area contributed by atoms with Gasteiger partial charge in [-0.1, -0.05) is 6.07 Å². The zero-order valence-corrected chi connectivity index (χ0v) is 22.6. The van der Waals surface area contributed by atoms with Crippen LogP contribution in [0.5, 0.6) is 0 Å². The monoisotopic (exact) mass is 594 g/mol. The molecular weight excluding hydrogens is 565 g/mol. The van der Waals surface area contributed by atoms with Crippen LogP contribution in [0.1, 0.15) is 53.1 Å². The summed E-state index contributed by atoms with van der Waals surface area (Å²) in [5.41, 5.74) is -2.38. The number of likely N-dealkylation sites (tertiary alicyclic amines) is 1. The average molecular weight is 595 g/mol. The molecule has 2 fully saturated rings. The van der Waals surface area contributed by atoms with Gasteiger partial charge in [-0.25, -0.2) is 9.18 Å². The van der Waals surface area contributed by atoms with Crippen molar-refractivity contribution in [2.24, 2.45) is 5.41 Å². The smallest absolute Gasteiger partial charge is 0.395 e. The van der Waals surface area contributed by atoms with Gasteiger partial charge in [0.2, 0.25) is 0 Å². The van der Waals surface area contributed by atoms with Gasteiger partial charge in [0.15, 0.2) is 0 Å². The molecule has 0 aromatic heterocycles. The number of aryl methyl sites for hydroxylation is 1. The van der Waals surface area contributed by atoms with Crippen LogP contribution in [-0.2, 0) is 29.7 Å². The summed E-state index contributed by atoms with van der Waals surface area (Å²) in [5.74, 6) is -0.338. The molecule has 2 aromatic rings. The third-order valence-electron chi connectivity index (χ3n) is 7.78. The Morgan fingerprint density at radius 2 is 1.70 bits per heavy atom. The number of nitrogens with zero attached hydrogens (tertiary/aromatic N) is 2. The molecule has 4 atom stereocenters. The maximum Gasteiger partial charge on any atom is 0.416 e. The van der Waals surface area contributed by atoms with Crippen molar-refractivity contribution in [2.45, 2.75) is 56.4 Å². The van der Waals surface area contributed by atoms with Crippen molar-refractivity contribution >= 4 is 16.8 Å². The fraction of sp³-hybridized carbons (Fsp3) is 0.519. The van der Waals surface area contributed by atoms with Crippen LogP contribution in [0.25, 0.3) is 0 Å². The number of amides is 2. The van der Waals surface area contributed by atoms with Gasteiger partial charge in [0.05, 0.1) is 23.8 Å². The molecule has 13 heteroatoms. The highest BCUT2D eigenvalue weighted by molar-refractivity contribution is 7.86. The summed E-state index contributed by atoms with van der Waals surface area (Å²) in [5, 5.41) is 9.04. The predicted molar refractivity (Wildman–Crippen MR) is 134 cm³/mol. The maximum atomic E-state index is 13.9. The number of benzene rings is 2. The second-order valence-electron chi connectivity index (χ2n) is 10.6. The summed E-state index contributed by atoms with van der Waals surface area (Å²) in [7, 11) is 0.0345. The van der Waals surface area contributed by atoms with Crippen molar-refractivity contribution < 1.29 is 44.8 Å². The van der Waals surface area contributed by atoms with Crippen LogP contribution < -0.4 is 0 Å². The van der Waals surface area contributed by atoms with Gasteiger partial charge in [0.1, 0.15) is 5.82 Å². The number of urea groups is 1. The third kappa shape index (κ3) is 6.29. The highest BCUT2D eigenvalue weighted by Crippen LogP contribution is 2.61. The number of carbonyl (C=O) groups excluding carboxylic acids is 1. The van der Waals surface area contributed by atoms with Gasteiger partial charge in [-0.3, -0.25) is 4.21 Å². The minimum atomic E-state index is -5.01. The Labute approximate surface area is 229 Å². The quantitative estimate of drug-likeness (QED) is 0.414. The normalized spacial score (nSPS) is 23.8. The highest BCUT2D eigenvalue weighted by atomic mass is 32.2. The number of carbonyl (C=O) groups is 1. The molecular formula is C27H29F7N2O3S. The van der Waals surface area contributed by atoms with Crippen molar-refractivity contribution in [1.29, 1.82) is 0 Å². The number of rotatable bonds is 6. The van der Waals surface area contributed by atoms with E-state index in [1.807, 2.05) is 0 Å². The second kappa shape index (κ2) is 11.0. The van der Waals surface area contributed by atoms with Crippen LogP contribution in [0, 0.1) is 18.2 Å². The Morgan fingerprint density at radius 1 is 1.07 bits per heavy atom. The molecule has 2 amide bonds. The zero-order chi connectivity index (χ0) is 29.6. The summed E-state index contributed by atoms with van der Waals surface area (Å²) < 4.78 is 106. The lowest BCUT2D eigenvalue weighted by molar-refractivity contribution is -0.143. The first-order valence-electron chi connectivity index (χ1n) is 12.6. The van der Waals surface area contributed by atoms with Crippen LogP contribution in [0.4, 0.5) is 35.5 Å². The molecule has 4 rings (SSSR count). The summed E-state index contributed by atoms with van der Waals surface area (Å²) >= 11 is 0. The fourth-order valence-electron chi connectivity index (χ4n) is 5.68. The van der Waals surface area contributed by atoms with E-state index in [0.29, 0.717) is 42.5 Å². The number of aliphatic hydroxyl groups is 1. The largest absolute Gasteiger partial charge is 0.416 e. The van der Waals surface area contributed by atoms with Gasteiger partial charge in [0, 0.05) is 41.9 Å². The molecule has 2 unspecified atom stereocenters. The SMILES string of the molecule is Cc1cc(F)ccc1[C@H]1C[C@@]2(CCN1C(=O)N(C)Cc1cc(C(F)(F)F)cc(C(F)(F)F)c1)CC2S(=O)CCO. The summed E-state index contributed by atoms with van der Waals surface area (Å²) in [6.45, 7) is 1.15. The van der Waals surface area contributed by atoms with E-state index in [-0.39, 0.29) is 41.2 Å². The van der Waals surface area contributed by atoms with E-state index in [2.05, 4.69) is 0 Å². The first-order chi connectivity index (χ1) is 18.6. The van der Waals surface area contributed by atoms with Crippen LogP contribution >= 0.6 is 0 Å². The first kappa shape index (κ1) is 30.3. The van der Waals surface area contributed by atoms with E-state index in [1.165, 1.54) is 24.1 Å². The van der Waals surface area contributed by atoms with Crippen molar-refractivity contribution in [2.75, 3.05) is 26.0 Å². The Bertz CT molecular complexity index is 1270. The number of alkyl halides is 6. The van der Waals surface area contributed by atoms with Gasteiger partial charge in [-0.2, -0.15) is 26.3 Å². The van der Waals surface area contributed by atoms with Crippen LogP contribution in [-0.4, -0.2) is 56.3 Å². The van der Waals surface area contributed by atoms with E-state index in [1.54, 1.807) is 13.0 Å². The molecule has 1 aliphatic heterocycles. The van der Waals surface area contributed by atoms with Crippen molar-refractivity contribution in [3.05, 3.63) is 70.0 Å². The molecule has 2 aromatic carbocycles. The topological polar surface area (TPSA) is 60.9 Å². The van der Waals surface area contributed by atoms with E-state index in [9.17, 15) is 44.8 Å². The molecule has 1 spiro atoms. The Balaban J connectivity index is 1.62. The van der Waals surface area contributed by atoms with Crippen LogP contribution in [0.2, 0.25) is 0 Å². The van der Waals surface area contributed by atoms with Crippen molar-refractivity contribution in [1.82, 2.24) is 9.80 Å². The lowest BCUT2D eigenvalue weighted by Crippen LogP contribution is -2.48. The number of piperidine rings is 1. The van der Waals surface area contributed by atoms with Crippen LogP contribution in [0.15, 0.2) is 36.4 Å². The molecule has 1 saturated carbocycles. The zero-order valence-electron chi connectivity index (χ0n) is 21.8. The molecule has 1 aliphatic carbocycles. The molecule has 40 heavy (non-hydrogen) atoms. The fourth-order valence-corrected chi connectivity index (χ4v) is 7.43. The highest BCUT2D eigenvalue weighted by Gasteiger charge is 2.60. The summed E-state index contributed by atoms with van der Waals surface area (Å²) in [6, 6.07) is 4.17. The summed E-state index contributed by atoms with van der Waals surface area (Å²) in [4.78, 5) is 16.2. The van der Waals surface area contributed by atoms with Gasteiger partial charge in [-0.05, 0) is 78.6 Å². The number of hydrogen-bond acceptors (Lipinski definition) is 3. The molecule has 1 N–H and O–H groups in total. The van der Waals surface area contributed by atoms with Crippen LogP contribution in [0.3, 0.4) is 0 Å². The Morgan fingerprint density at radius 3 is 2.25 bits per heavy atom. The minimum Gasteiger partial charge on any atom is -0.395 e. The molecule has 1 heterocycles. The van der Waals surface area contributed by atoms with Gasteiger partial charge >= 0.3 is 18.4 Å². The van der Waals surface area contributed by atoms with E-state index >= 15 is 0 Å².